The summed E-state index contributed by atoms with van der Waals surface area (Å²) in [6.45, 7) is 3.32. The van der Waals surface area contributed by atoms with E-state index in [1.54, 1.807) is 24.3 Å². The van der Waals surface area contributed by atoms with Gasteiger partial charge in [0.25, 0.3) is 5.91 Å². The minimum atomic E-state index is -0.389. The number of hydrogen-bond donors (Lipinski definition) is 2. The molecule has 1 aromatic rings. The first-order valence-electron chi connectivity index (χ1n) is 9.82. The average molecular weight is 374 g/mol. The van der Waals surface area contributed by atoms with E-state index in [0.717, 1.165) is 31.6 Å². The molecule has 0 atom stereocenters. The molecule has 1 aromatic carbocycles. The maximum absolute atomic E-state index is 12.2. The Hall–Kier alpha value is -2.37. The fourth-order valence-corrected chi connectivity index (χ4v) is 3.51. The van der Waals surface area contributed by atoms with Gasteiger partial charge in [-0.2, -0.15) is 0 Å². The van der Waals surface area contributed by atoms with E-state index in [-0.39, 0.29) is 30.3 Å². The van der Waals surface area contributed by atoms with Crippen LogP contribution in [0.1, 0.15) is 58.8 Å². The molecule has 0 aromatic heterocycles. The van der Waals surface area contributed by atoms with Crippen molar-refractivity contribution >= 4 is 29.2 Å². The zero-order chi connectivity index (χ0) is 19.6. The van der Waals surface area contributed by atoms with Gasteiger partial charge in [0, 0.05) is 18.3 Å². The molecule has 0 bridgehead atoms. The van der Waals surface area contributed by atoms with Crippen molar-refractivity contribution in [2.45, 2.75) is 58.8 Å². The van der Waals surface area contributed by atoms with Crippen molar-refractivity contribution in [3.05, 3.63) is 24.3 Å². The quantitative estimate of drug-likeness (QED) is 0.670. The molecule has 2 amide bonds. The highest BCUT2D eigenvalue weighted by Gasteiger charge is 2.27. The second-order valence-electron chi connectivity index (χ2n) is 7.28. The summed E-state index contributed by atoms with van der Waals surface area (Å²) in [6.07, 6.45) is 7.57. The van der Waals surface area contributed by atoms with Crippen molar-refractivity contribution in [3.8, 4) is 0 Å². The smallest absolute Gasteiger partial charge is 0.309 e. The largest absolute Gasteiger partial charge is 0.455 e. The molecule has 2 N–H and O–H groups in total. The van der Waals surface area contributed by atoms with Crippen LogP contribution >= 0.6 is 0 Å². The Balaban J connectivity index is 1.72. The molecule has 0 aliphatic heterocycles. The summed E-state index contributed by atoms with van der Waals surface area (Å²) in [5.41, 5.74) is 1.14. The summed E-state index contributed by atoms with van der Waals surface area (Å²) in [5, 5.41) is 5.33. The number of nitrogens with one attached hydrogen (secondary N) is 2. The van der Waals surface area contributed by atoms with Crippen LogP contribution in [-0.4, -0.2) is 24.4 Å². The lowest BCUT2D eigenvalue weighted by atomic mass is 9.80. The highest BCUT2D eigenvalue weighted by atomic mass is 16.5. The Morgan fingerprint density at radius 3 is 2.37 bits per heavy atom. The fraction of sp³-hybridized carbons (Fsp3) is 0.571. The van der Waals surface area contributed by atoms with E-state index >= 15 is 0 Å². The number of ether oxygens (including phenoxy) is 1. The van der Waals surface area contributed by atoms with Crippen LogP contribution in [-0.2, 0) is 19.1 Å². The minimum absolute atomic E-state index is 0.0845. The van der Waals surface area contributed by atoms with Crippen molar-refractivity contribution in [2.24, 2.45) is 11.8 Å². The lowest BCUT2D eigenvalue weighted by molar-refractivity contribution is -0.152. The lowest BCUT2D eigenvalue weighted by Gasteiger charge is -2.27. The van der Waals surface area contributed by atoms with Crippen molar-refractivity contribution < 1.29 is 19.1 Å². The minimum Gasteiger partial charge on any atom is -0.455 e. The van der Waals surface area contributed by atoms with Crippen LogP contribution in [0.15, 0.2) is 24.3 Å². The number of rotatable bonds is 8. The number of carbonyl (C=O) groups excluding carboxylic acids is 3. The van der Waals surface area contributed by atoms with Crippen LogP contribution in [0.2, 0.25) is 0 Å². The molecule has 1 aliphatic carbocycles. The molecule has 0 heterocycles. The van der Waals surface area contributed by atoms with Crippen molar-refractivity contribution in [1.82, 2.24) is 0 Å². The van der Waals surface area contributed by atoms with Crippen LogP contribution in [0, 0.1) is 11.8 Å². The van der Waals surface area contributed by atoms with Gasteiger partial charge in [-0.15, -0.1) is 0 Å². The molecule has 1 saturated carbocycles. The van der Waals surface area contributed by atoms with Crippen molar-refractivity contribution in [3.63, 3.8) is 0 Å². The number of anilines is 2. The number of esters is 1. The molecule has 6 heteroatoms. The fourth-order valence-electron chi connectivity index (χ4n) is 3.51. The van der Waals surface area contributed by atoms with Gasteiger partial charge in [0.1, 0.15) is 0 Å². The van der Waals surface area contributed by atoms with E-state index in [2.05, 4.69) is 17.6 Å². The van der Waals surface area contributed by atoms with Gasteiger partial charge in [0.05, 0.1) is 5.92 Å². The number of hydrogen-bond acceptors (Lipinski definition) is 4. The molecular formula is C21H30N2O4. The van der Waals surface area contributed by atoms with E-state index in [9.17, 15) is 14.4 Å². The van der Waals surface area contributed by atoms with Gasteiger partial charge in [-0.3, -0.25) is 14.4 Å². The highest BCUT2D eigenvalue weighted by molar-refractivity contribution is 5.94. The Morgan fingerprint density at radius 2 is 1.74 bits per heavy atom. The SMILES string of the molecule is CCCCC1CCC(C(=O)OCC(=O)Nc2cccc(NC(C)=O)c2)CC1. The van der Waals surface area contributed by atoms with Gasteiger partial charge in [0.2, 0.25) is 5.91 Å². The van der Waals surface area contributed by atoms with Gasteiger partial charge in [0.15, 0.2) is 6.61 Å². The number of benzene rings is 1. The summed E-state index contributed by atoms with van der Waals surface area (Å²) >= 11 is 0. The van der Waals surface area contributed by atoms with Crippen molar-refractivity contribution in [2.75, 3.05) is 17.2 Å². The third-order valence-electron chi connectivity index (χ3n) is 4.96. The van der Waals surface area contributed by atoms with Crippen molar-refractivity contribution in [1.29, 1.82) is 0 Å². The predicted molar refractivity (Wildman–Crippen MR) is 105 cm³/mol. The molecule has 0 radical (unpaired) electrons. The predicted octanol–water partition coefficient (Wildman–Crippen LogP) is 4.12. The highest BCUT2D eigenvalue weighted by Crippen LogP contribution is 2.32. The molecule has 0 unspecified atom stereocenters. The Morgan fingerprint density at radius 1 is 1.07 bits per heavy atom. The topological polar surface area (TPSA) is 84.5 Å². The molecule has 6 nitrogen and oxygen atoms in total. The van der Waals surface area contributed by atoms with Gasteiger partial charge < -0.3 is 15.4 Å². The maximum Gasteiger partial charge on any atom is 0.309 e. The van der Waals surface area contributed by atoms with Crippen LogP contribution in [0.25, 0.3) is 0 Å². The summed E-state index contributed by atoms with van der Waals surface area (Å²) < 4.78 is 5.21. The third kappa shape index (κ3) is 7.41. The number of amides is 2. The monoisotopic (exact) mass is 374 g/mol. The zero-order valence-electron chi connectivity index (χ0n) is 16.3. The van der Waals surface area contributed by atoms with Crippen LogP contribution < -0.4 is 10.6 Å². The summed E-state index contributed by atoms with van der Waals surface area (Å²) in [5.74, 6) is -0.199. The Bertz CT molecular complexity index is 651. The zero-order valence-corrected chi connectivity index (χ0v) is 16.3. The van der Waals surface area contributed by atoms with E-state index in [4.69, 9.17) is 4.74 Å². The van der Waals surface area contributed by atoms with E-state index in [0.29, 0.717) is 11.4 Å². The second-order valence-corrected chi connectivity index (χ2v) is 7.28. The molecular weight excluding hydrogens is 344 g/mol. The van der Waals surface area contributed by atoms with Crippen LogP contribution in [0.5, 0.6) is 0 Å². The standard InChI is InChI=1S/C21H30N2O4/c1-3-4-6-16-9-11-17(12-10-16)21(26)27-14-20(25)23-19-8-5-7-18(13-19)22-15(2)24/h5,7-8,13,16-17H,3-4,6,9-12,14H2,1-2H3,(H,22,24)(H,23,25). The molecule has 0 spiro atoms. The van der Waals surface area contributed by atoms with Crippen LogP contribution in [0.3, 0.4) is 0 Å². The summed E-state index contributed by atoms with van der Waals surface area (Å²) in [4.78, 5) is 35.3. The average Bonchev–Trinajstić information content (AvgIpc) is 2.64. The van der Waals surface area contributed by atoms with Gasteiger partial charge >= 0.3 is 5.97 Å². The Labute approximate surface area is 161 Å². The molecule has 1 aliphatic rings. The number of carbonyl (C=O) groups is 3. The molecule has 2 rings (SSSR count). The van der Waals surface area contributed by atoms with Gasteiger partial charge in [-0.25, -0.2) is 0 Å². The normalized spacial score (nSPS) is 19.2. The number of unbranched alkanes of at least 4 members (excludes halogenated alkanes) is 1. The van der Waals surface area contributed by atoms with E-state index < -0.39 is 0 Å². The Kier molecular flexibility index (Phi) is 8.30. The maximum atomic E-state index is 12.2. The first-order valence-corrected chi connectivity index (χ1v) is 9.82. The molecule has 1 fully saturated rings. The lowest BCUT2D eigenvalue weighted by Crippen LogP contribution is -2.27. The van der Waals surface area contributed by atoms with Gasteiger partial charge in [-0.05, 0) is 49.8 Å². The summed E-state index contributed by atoms with van der Waals surface area (Å²) in [6, 6.07) is 6.82. The van der Waals surface area contributed by atoms with Crippen LogP contribution in [0.4, 0.5) is 11.4 Å². The third-order valence-corrected chi connectivity index (χ3v) is 4.96. The molecule has 27 heavy (non-hydrogen) atoms. The van der Waals surface area contributed by atoms with E-state index in [1.165, 1.54) is 26.2 Å². The molecule has 0 saturated heterocycles. The second kappa shape index (κ2) is 10.7. The first kappa shape index (κ1) is 20.9. The first-order chi connectivity index (χ1) is 13.0. The van der Waals surface area contributed by atoms with E-state index in [1.807, 2.05) is 0 Å². The molecule has 148 valence electrons. The van der Waals surface area contributed by atoms with Gasteiger partial charge in [-0.1, -0.05) is 32.3 Å². The summed E-state index contributed by atoms with van der Waals surface area (Å²) in [7, 11) is 0.